The van der Waals surface area contributed by atoms with Crippen molar-refractivity contribution < 1.29 is 9.53 Å². The Morgan fingerprint density at radius 1 is 1.19 bits per heavy atom. The second-order valence-corrected chi connectivity index (χ2v) is 6.12. The van der Waals surface area contributed by atoms with Crippen molar-refractivity contribution >= 4 is 5.91 Å². The van der Waals surface area contributed by atoms with Gasteiger partial charge >= 0.3 is 0 Å². The Bertz CT molecular complexity index is 503. The van der Waals surface area contributed by atoms with Gasteiger partial charge in [0.1, 0.15) is 0 Å². The maximum Gasteiger partial charge on any atom is 0.254 e. The quantitative estimate of drug-likeness (QED) is 0.819. The highest BCUT2D eigenvalue weighted by molar-refractivity contribution is 5.83. The van der Waals surface area contributed by atoms with Crippen LogP contribution in [-0.4, -0.2) is 24.6 Å². The summed E-state index contributed by atoms with van der Waals surface area (Å²) in [4.78, 5) is 12.6. The minimum Gasteiger partial charge on any atom is -0.363 e. The summed E-state index contributed by atoms with van der Waals surface area (Å²) in [5.41, 5.74) is 8.42. The van der Waals surface area contributed by atoms with E-state index in [9.17, 15) is 4.79 Å². The van der Waals surface area contributed by atoms with Gasteiger partial charge in [-0.05, 0) is 30.4 Å². The average molecular weight is 288 g/mol. The van der Waals surface area contributed by atoms with Gasteiger partial charge in [-0.2, -0.15) is 0 Å². The second kappa shape index (κ2) is 6.58. The second-order valence-electron chi connectivity index (χ2n) is 6.12. The summed E-state index contributed by atoms with van der Waals surface area (Å²) in [7, 11) is 0. The number of carbonyl (C=O) groups excluding carboxylic acids is 1. The van der Waals surface area contributed by atoms with Gasteiger partial charge in [-0.15, -0.1) is 0 Å². The lowest BCUT2D eigenvalue weighted by atomic mass is 9.96. The molecular formula is C17H24N2O2. The third-order valence-electron chi connectivity index (χ3n) is 4.63. The van der Waals surface area contributed by atoms with Crippen molar-refractivity contribution in [3.05, 3.63) is 35.4 Å². The fourth-order valence-electron chi connectivity index (χ4n) is 3.39. The van der Waals surface area contributed by atoms with Gasteiger partial charge in [-0.25, -0.2) is 0 Å². The molecule has 1 aliphatic carbocycles. The number of rotatable bonds is 2. The Morgan fingerprint density at radius 3 is 2.90 bits per heavy atom. The van der Waals surface area contributed by atoms with Crippen LogP contribution in [0.25, 0.3) is 0 Å². The molecule has 2 aliphatic rings. The number of hydrogen-bond donors (Lipinski definition) is 2. The van der Waals surface area contributed by atoms with Gasteiger partial charge < -0.3 is 15.8 Å². The van der Waals surface area contributed by atoms with Crippen molar-refractivity contribution in [2.75, 3.05) is 6.61 Å². The zero-order chi connectivity index (χ0) is 14.7. The Labute approximate surface area is 126 Å². The van der Waals surface area contributed by atoms with E-state index in [0.29, 0.717) is 6.61 Å². The first-order valence-electron chi connectivity index (χ1n) is 8.01. The van der Waals surface area contributed by atoms with E-state index in [1.54, 1.807) is 0 Å². The van der Waals surface area contributed by atoms with Gasteiger partial charge in [0.15, 0.2) is 6.10 Å². The monoisotopic (exact) mass is 288 g/mol. The molecular weight excluding hydrogens is 264 g/mol. The van der Waals surface area contributed by atoms with Crippen LogP contribution in [0.5, 0.6) is 0 Å². The topological polar surface area (TPSA) is 64.3 Å². The largest absolute Gasteiger partial charge is 0.363 e. The summed E-state index contributed by atoms with van der Waals surface area (Å²) in [6.45, 7) is 0.603. The van der Waals surface area contributed by atoms with E-state index < -0.39 is 6.10 Å². The van der Waals surface area contributed by atoms with Crippen LogP contribution < -0.4 is 11.1 Å². The molecule has 1 aromatic carbocycles. The number of benzene rings is 1. The van der Waals surface area contributed by atoms with Crippen LogP contribution in [0.2, 0.25) is 0 Å². The molecule has 0 aromatic heterocycles. The number of nitrogens with one attached hydrogen (secondary N) is 1. The molecule has 1 saturated carbocycles. The SMILES string of the molecule is NC1CCCCCC1NC(=O)C1OCCc2ccccc21. The van der Waals surface area contributed by atoms with Crippen LogP contribution in [0.4, 0.5) is 0 Å². The molecule has 3 unspecified atom stereocenters. The maximum atomic E-state index is 12.6. The molecule has 1 aliphatic heterocycles. The first-order chi connectivity index (χ1) is 10.3. The van der Waals surface area contributed by atoms with Crippen molar-refractivity contribution in [3.8, 4) is 0 Å². The van der Waals surface area contributed by atoms with E-state index in [0.717, 1.165) is 37.7 Å². The van der Waals surface area contributed by atoms with Crippen LogP contribution in [0, 0.1) is 0 Å². The van der Waals surface area contributed by atoms with E-state index in [-0.39, 0.29) is 18.0 Å². The predicted octanol–water partition coefficient (Wildman–Crippen LogP) is 2.08. The molecule has 3 atom stereocenters. The van der Waals surface area contributed by atoms with Crippen molar-refractivity contribution in [1.29, 1.82) is 0 Å². The zero-order valence-corrected chi connectivity index (χ0v) is 12.4. The van der Waals surface area contributed by atoms with Gasteiger partial charge in [-0.3, -0.25) is 4.79 Å². The first-order valence-corrected chi connectivity index (χ1v) is 8.01. The lowest BCUT2D eigenvalue weighted by molar-refractivity contribution is -0.135. The third kappa shape index (κ3) is 3.27. The van der Waals surface area contributed by atoms with Crippen LogP contribution in [-0.2, 0) is 16.0 Å². The highest BCUT2D eigenvalue weighted by Gasteiger charge is 2.30. The number of carbonyl (C=O) groups is 1. The summed E-state index contributed by atoms with van der Waals surface area (Å²) < 4.78 is 5.72. The number of fused-ring (bicyclic) bond motifs is 1. The lowest BCUT2D eigenvalue weighted by Crippen LogP contribution is -2.49. The van der Waals surface area contributed by atoms with Crippen molar-refractivity contribution in [2.45, 2.75) is 56.7 Å². The summed E-state index contributed by atoms with van der Waals surface area (Å²) in [5.74, 6) is -0.0375. The Kier molecular flexibility index (Phi) is 4.56. The van der Waals surface area contributed by atoms with Crippen molar-refractivity contribution in [3.63, 3.8) is 0 Å². The molecule has 0 radical (unpaired) electrons. The van der Waals surface area contributed by atoms with Gasteiger partial charge in [0.05, 0.1) is 6.61 Å². The molecule has 4 nitrogen and oxygen atoms in total. The molecule has 1 aromatic rings. The molecule has 1 amide bonds. The number of nitrogens with two attached hydrogens (primary N) is 1. The van der Waals surface area contributed by atoms with Gasteiger partial charge in [0.2, 0.25) is 0 Å². The molecule has 3 N–H and O–H groups in total. The Balaban J connectivity index is 1.71. The van der Waals surface area contributed by atoms with Crippen molar-refractivity contribution in [1.82, 2.24) is 5.32 Å². The maximum absolute atomic E-state index is 12.6. The van der Waals surface area contributed by atoms with E-state index in [1.165, 1.54) is 12.0 Å². The minimum absolute atomic E-state index is 0.0375. The zero-order valence-electron chi connectivity index (χ0n) is 12.4. The molecule has 0 spiro atoms. The number of ether oxygens (including phenoxy) is 1. The van der Waals surface area contributed by atoms with E-state index in [2.05, 4.69) is 11.4 Å². The summed E-state index contributed by atoms with van der Waals surface area (Å²) in [6.07, 6.45) is 5.88. The van der Waals surface area contributed by atoms with Crippen LogP contribution >= 0.6 is 0 Å². The summed E-state index contributed by atoms with van der Waals surface area (Å²) in [6, 6.07) is 8.19. The third-order valence-corrected chi connectivity index (χ3v) is 4.63. The van der Waals surface area contributed by atoms with E-state index >= 15 is 0 Å². The normalized spacial score (nSPS) is 29.3. The highest BCUT2D eigenvalue weighted by Crippen LogP contribution is 2.27. The predicted molar refractivity (Wildman–Crippen MR) is 81.8 cm³/mol. The van der Waals surface area contributed by atoms with Gasteiger partial charge in [0.25, 0.3) is 5.91 Å². The number of amides is 1. The van der Waals surface area contributed by atoms with Gasteiger partial charge in [-0.1, -0.05) is 43.5 Å². The van der Waals surface area contributed by atoms with Crippen LogP contribution in [0.15, 0.2) is 24.3 Å². The lowest BCUT2D eigenvalue weighted by Gasteiger charge is -2.29. The Hall–Kier alpha value is -1.39. The molecule has 4 heteroatoms. The molecule has 3 rings (SSSR count). The first kappa shape index (κ1) is 14.5. The van der Waals surface area contributed by atoms with Gasteiger partial charge in [0, 0.05) is 12.1 Å². The fourth-order valence-corrected chi connectivity index (χ4v) is 3.39. The number of hydrogen-bond acceptors (Lipinski definition) is 3. The molecule has 0 saturated heterocycles. The average Bonchev–Trinajstić information content (AvgIpc) is 2.71. The molecule has 1 heterocycles. The summed E-state index contributed by atoms with van der Waals surface area (Å²) >= 11 is 0. The van der Waals surface area contributed by atoms with Crippen LogP contribution in [0.1, 0.15) is 49.3 Å². The summed E-state index contributed by atoms with van der Waals surface area (Å²) in [5, 5.41) is 3.13. The van der Waals surface area contributed by atoms with Crippen LogP contribution in [0.3, 0.4) is 0 Å². The van der Waals surface area contributed by atoms with Crippen molar-refractivity contribution in [2.24, 2.45) is 5.73 Å². The smallest absolute Gasteiger partial charge is 0.254 e. The molecule has 21 heavy (non-hydrogen) atoms. The molecule has 114 valence electrons. The highest BCUT2D eigenvalue weighted by atomic mass is 16.5. The standard InChI is InChI=1S/C17H24N2O2/c18-14-8-2-1-3-9-15(14)19-17(20)16-13-7-5-4-6-12(13)10-11-21-16/h4-7,14-16H,1-3,8-11,18H2,(H,19,20). The minimum atomic E-state index is -0.481. The fraction of sp³-hybridized carbons (Fsp3) is 0.588. The Morgan fingerprint density at radius 2 is 2.00 bits per heavy atom. The molecule has 0 bridgehead atoms. The molecule has 1 fully saturated rings. The van der Waals surface area contributed by atoms with E-state index in [4.69, 9.17) is 10.5 Å². The van der Waals surface area contributed by atoms with E-state index in [1.807, 2.05) is 18.2 Å².